The van der Waals surface area contributed by atoms with Crippen molar-refractivity contribution in [2.45, 2.75) is 0 Å². The molecule has 0 unspecified atom stereocenters. The first-order valence-electron chi connectivity index (χ1n) is 7.48. The van der Waals surface area contributed by atoms with Crippen LogP contribution in [0.5, 0.6) is 17.2 Å². The van der Waals surface area contributed by atoms with Crippen LogP contribution < -0.4 is 19.5 Å². The minimum atomic E-state index is -0.768. The van der Waals surface area contributed by atoms with E-state index in [0.717, 1.165) is 18.2 Å². The fourth-order valence-corrected chi connectivity index (χ4v) is 2.37. The van der Waals surface area contributed by atoms with E-state index in [0.29, 0.717) is 36.0 Å². The summed E-state index contributed by atoms with van der Waals surface area (Å²) in [7, 11) is 1.51. The molecule has 0 radical (unpaired) electrons. The molecular weight excluding hydrogens is 332 g/mol. The Morgan fingerprint density at radius 1 is 1.12 bits per heavy atom. The summed E-state index contributed by atoms with van der Waals surface area (Å²) in [5.74, 6) is -0.529. The molecule has 0 atom stereocenters. The standard InChI is InChI=1S/C18H15F2NO4/c1-23-15-6-11(7-16-18(15)25-5-4-24-16)2-3-17(22)21-14-9-12(19)8-13(20)10-14/h2-3,6-10H,4-5H2,1H3,(H,21,22)/b3-2+. The Kier molecular flexibility index (Phi) is 4.83. The smallest absolute Gasteiger partial charge is 0.248 e. The molecule has 0 saturated carbocycles. The van der Waals surface area contributed by atoms with E-state index < -0.39 is 17.5 Å². The van der Waals surface area contributed by atoms with Gasteiger partial charge in [0, 0.05) is 17.8 Å². The van der Waals surface area contributed by atoms with Gasteiger partial charge in [-0.3, -0.25) is 4.79 Å². The van der Waals surface area contributed by atoms with Crippen molar-refractivity contribution in [2.24, 2.45) is 0 Å². The lowest BCUT2D eigenvalue weighted by atomic mass is 10.1. The van der Waals surface area contributed by atoms with Gasteiger partial charge < -0.3 is 19.5 Å². The highest BCUT2D eigenvalue weighted by atomic mass is 19.1. The third kappa shape index (κ3) is 4.06. The molecule has 0 saturated heterocycles. The van der Waals surface area contributed by atoms with E-state index in [4.69, 9.17) is 14.2 Å². The zero-order valence-corrected chi connectivity index (χ0v) is 13.3. The summed E-state index contributed by atoms with van der Waals surface area (Å²) in [5, 5.41) is 2.39. The molecule has 3 rings (SSSR count). The van der Waals surface area contributed by atoms with Gasteiger partial charge in [-0.15, -0.1) is 0 Å². The van der Waals surface area contributed by atoms with E-state index in [2.05, 4.69) is 5.32 Å². The summed E-state index contributed by atoms with van der Waals surface area (Å²) in [6, 6.07) is 6.19. The number of methoxy groups -OCH3 is 1. The summed E-state index contributed by atoms with van der Waals surface area (Å²) in [4.78, 5) is 11.9. The number of carbonyl (C=O) groups excluding carboxylic acids is 1. The molecule has 0 fully saturated rings. The van der Waals surface area contributed by atoms with E-state index >= 15 is 0 Å². The average Bonchev–Trinajstić information content (AvgIpc) is 2.58. The van der Waals surface area contributed by atoms with Crippen molar-refractivity contribution in [3.8, 4) is 17.2 Å². The van der Waals surface area contributed by atoms with Crippen molar-refractivity contribution in [3.63, 3.8) is 0 Å². The first-order valence-corrected chi connectivity index (χ1v) is 7.48. The van der Waals surface area contributed by atoms with Crippen molar-refractivity contribution in [3.05, 3.63) is 53.6 Å². The molecule has 25 heavy (non-hydrogen) atoms. The maximum atomic E-state index is 13.1. The summed E-state index contributed by atoms with van der Waals surface area (Å²) >= 11 is 0. The molecule has 7 heteroatoms. The van der Waals surface area contributed by atoms with E-state index in [1.165, 1.54) is 19.3 Å². The number of ether oxygens (including phenoxy) is 3. The maximum absolute atomic E-state index is 13.1. The van der Waals surface area contributed by atoms with E-state index in [-0.39, 0.29) is 5.69 Å². The second-order valence-corrected chi connectivity index (χ2v) is 5.23. The molecule has 130 valence electrons. The SMILES string of the molecule is COc1cc(/C=C/C(=O)Nc2cc(F)cc(F)c2)cc2c1OCCO2. The minimum Gasteiger partial charge on any atom is -0.493 e. The number of hydrogen-bond acceptors (Lipinski definition) is 4. The number of benzene rings is 2. The molecule has 2 aromatic carbocycles. The number of carbonyl (C=O) groups is 1. The number of fused-ring (bicyclic) bond motifs is 1. The maximum Gasteiger partial charge on any atom is 0.248 e. The molecule has 1 heterocycles. The third-order valence-electron chi connectivity index (χ3n) is 3.41. The minimum absolute atomic E-state index is 0.0342. The number of hydrogen-bond donors (Lipinski definition) is 1. The molecule has 1 aliphatic rings. The van der Waals surface area contributed by atoms with Crippen molar-refractivity contribution in [1.82, 2.24) is 0 Å². The van der Waals surface area contributed by atoms with Gasteiger partial charge in [-0.2, -0.15) is 0 Å². The predicted molar refractivity (Wildman–Crippen MR) is 88.0 cm³/mol. The van der Waals surface area contributed by atoms with E-state index in [9.17, 15) is 13.6 Å². The quantitative estimate of drug-likeness (QED) is 0.862. The van der Waals surface area contributed by atoms with Crippen molar-refractivity contribution in [2.75, 3.05) is 25.6 Å². The lowest BCUT2D eigenvalue weighted by Gasteiger charge is -2.20. The second-order valence-electron chi connectivity index (χ2n) is 5.23. The van der Waals surface area contributed by atoms with Crippen molar-refractivity contribution >= 4 is 17.7 Å². The van der Waals surface area contributed by atoms with Gasteiger partial charge in [0.1, 0.15) is 24.8 Å². The molecule has 5 nitrogen and oxygen atoms in total. The summed E-state index contributed by atoms with van der Waals surface area (Å²) in [5.41, 5.74) is 0.688. The topological polar surface area (TPSA) is 56.8 Å². The zero-order valence-electron chi connectivity index (χ0n) is 13.3. The molecule has 0 aromatic heterocycles. The van der Waals surface area contributed by atoms with Gasteiger partial charge >= 0.3 is 0 Å². The van der Waals surface area contributed by atoms with Gasteiger partial charge in [-0.25, -0.2) is 8.78 Å². The Morgan fingerprint density at radius 3 is 2.56 bits per heavy atom. The Bertz CT molecular complexity index is 799. The van der Waals surface area contributed by atoms with Crippen LogP contribution in [0.15, 0.2) is 36.4 Å². The number of amides is 1. The lowest BCUT2D eigenvalue weighted by Crippen LogP contribution is -2.16. The van der Waals surface area contributed by atoms with Crippen LogP contribution in [0.4, 0.5) is 14.5 Å². The normalized spacial score (nSPS) is 12.9. The molecule has 1 aliphatic heterocycles. The number of rotatable bonds is 4. The Morgan fingerprint density at radius 2 is 1.84 bits per heavy atom. The van der Waals surface area contributed by atoms with Crippen LogP contribution in [0.1, 0.15) is 5.56 Å². The van der Waals surface area contributed by atoms with Crippen LogP contribution in [-0.4, -0.2) is 26.2 Å². The van der Waals surface area contributed by atoms with E-state index in [1.54, 1.807) is 12.1 Å². The fraction of sp³-hybridized carbons (Fsp3) is 0.167. The average molecular weight is 347 g/mol. The lowest BCUT2D eigenvalue weighted by molar-refractivity contribution is -0.111. The Hall–Kier alpha value is -3.09. The highest BCUT2D eigenvalue weighted by molar-refractivity contribution is 6.02. The van der Waals surface area contributed by atoms with Gasteiger partial charge in [-0.1, -0.05) is 0 Å². The summed E-state index contributed by atoms with van der Waals surface area (Å²) < 4.78 is 42.5. The zero-order chi connectivity index (χ0) is 17.8. The van der Waals surface area contributed by atoms with Crippen molar-refractivity contribution < 1.29 is 27.8 Å². The molecular formula is C18H15F2NO4. The van der Waals surface area contributed by atoms with Crippen LogP contribution >= 0.6 is 0 Å². The molecule has 2 aromatic rings. The summed E-state index contributed by atoms with van der Waals surface area (Å²) in [6.07, 6.45) is 2.78. The molecule has 0 spiro atoms. The van der Waals surface area contributed by atoms with Crippen LogP contribution in [0.3, 0.4) is 0 Å². The van der Waals surface area contributed by atoms with Gasteiger partial charge in [0.15, 0.2) is 11.5 Å². The molecule has 1 N–H and O–H groups in total. The van der Waals surface area contributed by atoms with Crippen molar-refractivity contribution in [1.29, 1.82) is 0 Å². The molecule has 0 aliphatic carbocycles. The fourth-order valence-electron chi connectivity index (χ4n) is 2.37. The predicted octanol–water partition coefficient (Wildman–Crippen LogP) is 3.40. The summed E-state index contributed by atoms with van der Waals surface area (Å²) in [6.45, 7) is 0.861. The monoisotopic (exact) mass is 347 g/mol. The highest BCUT2D eigenvalue weighted by Crippen LogP contribution is 2.40. The van der Waals surface area contributed by atoms with Crippen LogP contribution in [0, 0.1) is 11.6 Å². The Labute approximate surface area is 142 Å². The molecule has 1 amide bonds. The van der Waals surface area contributed by atoms with E-state index in [1.807, 2.05) is 0 Å². The first kappa shape index (κ1) is 16.8. The van der Waals surface area contributed by atoms with Gasteiger partial charge in [0.25, 0.3) is 0 Å². The largest absolute Gasteiger partial charge is 0.493 e. The van der Waals surface area contributed by atoms with Gasteiger partial charge in [-0.05, 0) is 35.9 Å². The van der Waals surface area contributed by atoms with Gasteiger partial charge in [0.2, 0.25) is 11.7 Å². The van der Waals surface area contributed by atoms with Crippen LogP contribution in [0.25, 0.3) is 6.08 Å². The Balaban J connectivity index is 1.76. The highest BCUT2D eigenvalue weighted by Gasteiger charge is 2.17. The third-order valence-corrected chi connectivity index (χ3v) is 3.41. The number of halogens is 2. The first-order chi connectivity index (χ1) is 12.0. The second kappa shape index (κ2) is 7.21. The van der Waals surface area contributed by atoms with Crippen LogP contribution in [0.2, 0.25) is 0 Å². The van der Waals surface area contributed by atoms with Crippen LogP contribution in [-0.2, 0) is 4.79 Å². The number of nitrogens with one attached hydrogen (secondary N) is 1. The van der Waals surface area contributed by atoms with Gasteiger partial charge in [0.05, 0.1) is 7.11 Å². The molecule has 0 bridgehead atoms. The number of anilines is 1.